The topological polar surface area (TPSA) is 29.3 Å². The Morgan fingerprint density at radius 1 is 0.957 bits per heavy atom. The summed E-state index contributed by atoms with van der Waals surface area (Å²) in [5, 5.41) is 0. The average Bonchev–Trinajstić information content (AvgIpc) is 2.56. The van der Waals surface area contributed by atoms with Crippen LogP contribution in [0.2, 0.25) is 0 Å². The minimum absolute atomic E-state index is 0.553. The van der Waals surface area contributed by atoms with E-state index in [9.17, 15) is 0 Å². The maximum absolute atomic E-state index is 6.21. The SMILES string of the molecule is Nc1ccccc1C1=CC2CCCC(C1)N2Cc1ccccc1. The molecule has 2 atom stereocenters. The van der Waals surface area contributed by atoms with Gasteiger partial charge in [-0.25, -0.2) is 0 Å². The molecule has 118 valence electrons. The predicted molar refractivity (Wildman–Crippen MR) is 96.9 cm³/mol. The molecule has 2 aromatic rings. The summed E-state index contributed by atoms with van der Waals surface area (Å²) in [5.74, 6) is 0. The molecule has 2 aromatic carbocycles. The van der Waals surface area contributed by atoms with Crippen LogP contribution < -0.4 is 5.73 Å². The van der Waals surface area contributed by atoms with Crippen LogP contribution in [0.25, 0.3) is 5.57 Å². The van der Waals surface area contributed by atoms with E-state index in [0.29, 0.717) is 12.1 Å². The highest BCUT2D eigenvalue weighted by atomic mass is 15.2. The van der Waals surface area contributed by atoms with Gasteiger partial charge in [0.2, 0.25) is 0 Å². The summed E-state index contributed by atoms with van der Waals surface area (Å²) in [7, 11) is 0. The molecule has 0 radical (unpaired) electrons. The van der Waals surface area contributed by atoms with E-state index in [1.807, 2.05) is 12.1 Å². The third kappa shape index (κ3) is 2.91. The molecule has 2 aliphatic heterocycles. The van der Waals surface area contributed by atoms with Crippen molar-refractivity contribution in [3.8, 4) is 0 Å². The lowest BCUT2D eigenvalue weighted by Gasteiger charge is -2.45. The van der Waals surface area contributed by atoms with Gasteiger partial charge in [0.15, 0.2) is 0 Å². The lowest BCUT2D eigenvalue weighted by atomic mass is 9.82. The molecule has 2 nitrogen and oxygen atoms in total. The van der Waals surface area contributed by atoms with Crippen molar-refractivity contribution in [2.75, 3.05) is 5.73 Å². The minimum atomic E-state index is 0.553. The number of para-hydroxylation sites is 1. The fourth-order valence-electron chi connectivity index (χ4n) is 4.15. The largest absolute Gasteiger partial charge is 0.398 e. The van der Waals surface area contributed by atoms with Crippen LogP contribution in [0.5, 0.6) is 0 Å². The van der Waals surface area contributed by atoms with Crippen LogP contribution in [-0.4, -0.2) is 17.0 Å². The molecule has 2 aliphatic rings. The smallest absolute Gasteiger partial charge is 0.0390 e. The number of rotatable bonds is 3. The molecular formula is C21H24N2. The van der Waals surface area contributed by atoms with Crippen LogP contribution in [0.4, 0.5) is 5.69 Å². The van der Waals surface area contributed by atoms with Gasteiger partial charge in [0.1, 0.15) is 0 Å². The van der Waals surface area contributed by atoms with Gasteiger partial charge in [-0.1, -0.05) is 61.0 Å². The molecule has 0 aromatic heterocycles. The Bertz CT molecular complexity index is 705. The number of nitrogen functional groups attached to an aromatic ring is 1. The van der Waals surface area contributed by atoms with Gasteiger partial charge in [0.05, 0.1) is 0 Å². The zero-order valence-electron chi connectivity index (χ0n) is 13.5. The van der Waals surface area contributed by atoms with Crippen molar-refractivity contribution in [2.45, 2.75) is 44.3 Å². The van der Waals surface area contributed by atoms with Crippen molar-refractivity contribution in [3.05, 3.63) is 71.8 Å². The molecule has 1 fully saturated rings. The van der Waals surface area contributed by atoms with E-state index in [-0.39, 0.29) is 0 Å². The predicted octanol–water partition coefficient (Wildman–Crippen LogP) is 4.48. The number of piperidine rings is 1. The fraction of sp³-hybridized carbons (Fsp3) is 0.333. The first kappa shape index (κ1) is 14.5. The maximum Gasteiger partial charge on any atom is 0.0390 e. The third-order valence-corrected chi connectivity index (χ3v) is 5.30. The lowest BCUT2D eigenvalue weighted by Crippen LogP contribution is -2.47. The van der Waals surface area contributed by atoms with Crippen molar-refractivity contribution in [1.29, 1.82) is 0 Å². The third-order valence-electron chi connectivity index (χ3n) is 5.30. The Morgan fingerprint density at radius 2 is 1.74 bits per heavy atom. The normalized spacial score (nSPS) is 24.3. The van der Waals surface area contributed by atoms with E-state index in [4.69, 9.17) is 5.73 Å². The molecule has 2 heteroatoms. The van der Waals surface area contributed by atoms with E-state index >= 15 is 0 Å². The van der Waals surface area contributed by atoms with Gasteiger partial charge in [0, 0.05) is 29.9 Å². The van der Waals surface area contributed by atoms with Crippen molar-refractivity contribution in [2.24, 2.45) is 0 Å². The molecule has 0 aliphatic carbocycles. The number of benzene rings is 2. The molecule has 2 heterocycles. The lowest BCUT2D eigenvalue weighted by molar-refractivity contribution is 0.0951. The number of hydrogen-bond acceptors (Lipinski definition) is 2. The van der Waals surface area contributed by atoms with E-state index in [2.05, 4.69) is 53.4 Å². The number of nitrogens with zero attached hydrogens (tertiary/aromatic N) is 1. The van der Waals surface area contributed by atoms with Crippen LogP contribution in [0.1, 0.15) is 36.8 Å². The van der Waals surface area contributed by atoms with E-state index in [1.54, 1.807) is 0 Å². The molecule has 0 amide bonds. The van der Waals surface area contributed by atoms with E-state index in [0.717, 1.165) is 18.7 Å². The monoisotopic (exact) mass is 304 g/mol. The van der Waals surface area contributed by atoms with Crippen molar-refractivity contribution < 1.29 is 0 Å². The van der Waals surface area contributed by atoms with Gasteiger partial charge in [-0.15, -0.1) is 0 Å². The van der Waals surface area contributed by atoms with Crippen molar-refractivity contribution in [3.63, 3.8) is 0 Å². The van der Waals surface area contributed by atoms with Gasteiger partial charge in [0.25, 0.3) is 0 Å². The minimum Gasteiger partial charge on any atom is -0.398 e. The molecule has 2 unspecified atom stereocenters. The second-order valence-corrected chi connectivity index (χ2v) is 6.79. The van der Waals surface area contributed by atoms with Crippen LogP contribution in [0.15, 0.2) is 60.7 Å². The van der Waals surface area contributed by atoms with E-state index < -0.39 is 0 Å². The number of fused-ring (bicyclic) bond motifs is 2. The van der Waals surface area contributed by atoms with Gasteiger partial charge in [-0.2, -0.15) is 0 Å². The van der Waals surface area contributed by atoms with Crippen LogP contribution >= 0.6 is 0 Å². The molecule has 2 bridgehead atoms. The fourth-order valence-corrected chi connectivity index (χ4v) is 4.15. The van der Waals surface area contributed by atoms with Crippen LogP contribution in [0, 0.1) is 0 Å². The van der Waals surface area contributed by atoms with Crippen molar-refractivity contribution >= 4 is 11.3 Å². The Morgan fingerprint density at radius 3 is 2.52 bits per heavy atom. The summed E-state index contributed by atoms with van der Waals surface area (Å²) < 4.78 is 0. The Labute approximate surface area is 138 Å². The first-order chi connectivity index (χ1) is 11.3. The number of anilines is 1. The molecule has 4 rings (SSSR count). The average molecular weight is 304 g/mol. The summed E-state index contributed by atoms with van der Waals surface area (Å²) in [6, 6.07) is 20.4. The highest BCUT2D eigenvalue weighted by Crippen LogP contribution is 2.39. The Hall–Kier alpha value is -2.06. The molecule has 23 heavy (non-hydrogen) atoms. The first-order valence-electron chi connectivity index (χ1n) is 8.66. The summed E-state index contributed by atoms with van der Waals surface area (Å²) in [6.07, 6.45) is 7.50. The van der Waals surface area contributed by atoms with Crippen molar-refractivity contribution in [1.82, 2.24) is 4.90 Å². The highest BCUT2D eigenvalue weighted by molar-refractivity contribution is 5.76. The van der Waals surface area contributed by atoms with Crippen LogP contribution in [-0.2, 0) is 6.54 Å². The van der Waals surface area contributed by atoms with Gasteiger partial charge in [-0.3, -0.25) is 4.90 Å². The van der Waals surface area contributed by atoms with E-state index in [1.165, 1.54) is 36.0 Å². The van der Waals surface area contributed by atoms with Gasteiger partial charge < -0.3 is 5.73 Å². The van der Waals surface area contributed by atoms with Crippen LogP contribution in [0.3, 0.4) is 0 Å². The second-order valence-electron chi connectivity index (χ2n) is 6.79. The Balaban J connectivity index is 1.62. The summed E-state index contributed by atoms with van der Waals surface area (Å²) in [5.41, 5.74) is 11.2. The summed E-state index contributed by atoms with van der Waals surface area (Å²) >= 11 is 0. The van der Waals surface area contributed by atoms with Gasteiger partial charge in [-0.05, 0) is 36.5 Å². The van der Waals surface area contributed by atoms with Gasteiger partial charge >= 0.3 is 0 Å². The maximum atomic E-state index is 6.21. The molecule has 0 spiro atoms. The Kier molecular flexibility index (Phi) is 3.92. The second kappa shape index (κ2) is 6.21. The molecule has 2 N–H and O–H groups in total. The summed E-state index contributed by atoms with van der Waals surface area (Å²) in [4.78, 5) is 2.70. The quantitative estimate of drug-likeness (QED) is 0.847. The molecular weight excluding hydrogens is 280 g/mol. The number of hydrogen-bond donors (Lipinski definition) is 1. The zero-order valence-corrected chi connectivity index (χ0v) is 13.5. The number of nitrogens with two attached hydrogens (primary N) is 1. The molecule has 1 saturated heterocycles. The molecule has 0 saturated carbocycles. The zero-order chi connectivity index (χ0) is 15.6. The summed E-state index contributed by atoms with van der Waals surface area (Å²) in [6.45, 7) is 1.06. The standard InChI is InChI=1S/C21H24N2/c22-21-12-5-4-11-20(21)17-13-18-9-6-10-19(14-17)23(18)15-16-7-2-1-3-8-16/h1-5,7-8,11-13,18-19H,6,9-10,14-15,22H2. The first-order valence-corrected chi connectivity index (χ1v) is 8.66. The highest BCUT2D eigenvalue weighted by Gasteiger charge is 2.34.